The number of unbranched alkanes of at least 4 members (excludes halogenated alkanes) is 1. The van der Waals surface area contributed by atoms with Crippen molar-refractivity contribution < 1.29 is 0 Å². The van der Waals surface area contributed by atoms with Gasteiger partial charge in [-0.15, -0.1) is 0 Å². The summed E-state index contributed by atoms with van der Waals surface area (Å²) in [5.74, 6) is 0. The Morgan fingerprint density at radius 1 is 1.26 bits per heavy atom. The highest BCUT2D eigenvalue weighted by atomic mass is 15.2. The molecule has 0 spiro atoms. The molecule has 1 aliphatic rings. The normalized spacial score (nSPS) is 20.1. The van der Waals surface area contributed by atoms with Crippen LogP contribution in [0.5, 0.6) is 0 Å². The number of benzene rings is 1. The van der Waals surface area contributed by atoms with E-state index >= 15 is 0 Å². The molecule has 0 aliphatic carbocycles. The second-order valence-electron chi connectivity index (χ2n) is 6.02. The maximum atomic E-state index is 3.67. The van der Waals surface area contributed by atoms with Crippen LogP contribution in [0.3, 0.4) is 0 Å². The van der Waals surface area contributed by atoms with Gasteiger partial charge >= 0.3 is 0 Å². The van der Waals surface area contributed by atoms with Crippen LogP contribution in [0.4, 0.5) is 5.69 Å². The highest BCUT2D eigenvalue weighted by molar-refractivity contribution is 5.45. The third-order valence-electron chi connectivity index (χ3n) is 4.09. The molecule has 19 heavy (non-hydrogen) atoms. The smallest absolute Gasteiger partial charge is 0.0400 e. The summed E-state index contributed by atoms with van der Waals surface area (Å²) in [5.41, 5.74) is 2.73. The lowest BCUT2D eigenvalue weighted by Gasteiger charge is -2.21. The lowest BCUT2D eigenvalue weighted by Crippen LogP contribution is -2.31. The fourth-order valence-corrected chi connectivity index (χ4v) is 2.76. The first-order chi connectivity index (χ1) is 9.19. The number of nitrogens with one attached hydrogen (secondary N) is 1. The Kier molecular flexibility index (Phi) is 5.26. The summed E-state index contributed by atoms with van der Waals surface area (Å²) in [6.45, 7) is 9.21. The van der Waals surface area contributed by atoms with Crippen molar-refractivity contribution in [3.63, 3.8) is 0 Å². The van der Waals surface area contributed by atoms with Crippen LogP contribution in [0.15, 0.2) is 24.3 Å². The maximum absolute atomic E-state index is 3.67. The molecule has 2 nitrogen and oxygen atoms in total. The fourth-order valence-electron chi connectivity index (χ4n) is 2.76. The molecule has 2 rings (SSSR count). The topological polar surface area (TPSA) is 15.3 Å². The second-order valence-corrected chi connectivity index (χ2v) is 6.02. The summed E-state index contributed by atoms with van der Waals surface area (Å²) >= 11 is 0. The third kappa shape index (κ3) is 4.24. The van der Waals surface area contributed by atoms with Crippen molar-refractivity contribution in [2.75, 3.05) is 18.4 Å². The maximum Gasteiger partial charge on any atom is 0.0400 e. The molecule has 106 valence electrons. The Morgan fingerprint density at radius 2 is 2.00 bits per heavy atom. The van der Waals surface area contributed by atoms with Gasteiger partial charge in [0.05, 0.1) is 0 Å². The molecule has 1 N–H and O–H groups in total. The molecule has 1 aromatic rings. The molecule has 0 aromatic heterocycles. The number of anilines is 1. The van der Waals surface area contributed by atoms with Crippen LogP contribution in [0.2, 0.25) is 0 Å². The zero-order chi connectivity index (χ0) is 13.7. The molecule has 1 aromatic carbocycles. The minimum atomic E-state index is 0.615. The second kappa shape index (κ2) is 6.95. The molecule has 2 heteroatoms. The summed E-state index contributed by atoms with van der Waals surface area (Å²) in [4.78, 5) is 2.55. The Balaban J connectivity index is 1.83. The van der Waals surface area contributed by atoms with E-state index in [1.165, 1.54) is 50.0 Å². The predicted octanol–water partition coefficient (Wildman–Crippen LogP) is 3.92. The fraction of sp³-hybridized carbons (Fsp3) is 0.647. The van der Waals surface area contributed by atoms with Gasteiger partial charge in [0.15, 0.2) is 0 Å². The molecule has 0 amide bonds. The SMILES string of the molecule is CCCCc1ccc(NC2CCN(C(C)C)C2)cc1. The van der Waals surface area contributed by atoms with Crippen LogP contribution < -0.4 is 5.32 Å². The number of hydrogen-bond donors (Lipinski definition) is 1. The lowest BCUT2D eigenvalue weighted by molar-refractivity contribution is 0.274. The zero-order valence-corrected chi connectivity index (χ0v) is 12.7. The van der Waals surface area contributed by atoms with Gasteiger partial charge in [0.1, 0.15) is 0 Å². The molecule has 0 radical (unpaired) electrons. The van der Waals surface area contributed by atoms with Gasteiger partial charge in [0.2, 0.25) is 0 Å². The van der Waals surface area contributed by atoms with Crippen molar-refractivity contribution in [3.05, 3.63) is 29.8 Å². The monoisotopic (exact) mass is 260 g/mol. The van der Waals surface area contributed by atoms with Crippen molar-refractivity contribution in [2.45, 2.75) is 58.5 Å². The number of nitrogens with zero attached hydrogens (tertiary/aromatic N) is 1. The van der Waals surface area contributed by atoms with E-state index in [0.717, 1.165) is 0 Å². The molecular weight excluding hydrogens is 232 g/mol. The van der Waals surface area contributed by atoms with E-state index in [4.69, 9.17) is 0 Å². The van der Waals surface area contributed by atoms with Gasteiger partial charge in [-0.25, -0.2) is 0 Å². The standard InChI is InChI=1S/C17H28N2/c1-4-5-6-15-7-9-16(10-8-15)18-17-11-12-19(13-17)14(2)3/h7-10,14,17-18H,4-6,11-13H2,1-3H3. The number of hydrogen-bond acceptors (Lipinski definition) is 2. The van der Waals surface area contributed by atoms with E-state index in [2.05, 4.69) is 55.3 Å². The molecular formula is C17H28N2. The molecule has 1 saturated heterocycles. The first-order valence-electron chi connectivity index (χ1n) is 7.78. The largest absolute Gasteiger partial charge is 0.381 e. The van der Waals surface area contributed by atoms with E-state index in [1.807, 2.05) is 0 Å². The van der Waals surface area contributed by atoms with Crippen molar-refractivity contribution in [3.8, 4) is 0 Å². The molecule has 1 unspecified atom stereocenters. The van der Waals surface area contributed by atoms with Crippen LogP contribution in [0, 0.1) is 0 Å². The molecule has 0 bridgehead atoms. The van der Waals surface area contributed by atoms with E-state index in [-0.39, 0.29) is 0 Å². The summed E-state index contributed by atoms with van der Waals surface area (Å²) in [6.07, 6.45) is 5.03. The zero-order valence-electron chi connectivity index (χ0n) is 12.7. The van der Waals surface area contributed by atoms with Gasteiger partial charge in [-0.3, -0.25) is 4.90 Å². The van der Waals surface area contributed by atoms with Crippen LogP contribution in [0.1, 0.15) is 45.6 Å². The predicted molar refractivity (Wildman–Crippen MR) is 83.8 cm³/mol. The quantitative estimate of drug-likeness (QED) is 0.834. The van der Waals surface area contributed by atoms with Crippen LogP contribution in [-0.2, 0) is 6.42 Å². The molecule has 0 saturated carbocycles. The number of aryl methyl sites for hydroxylation is 1. The summed E-state index contributed by atoms with van der Waals surface area (Å²) < 4.78 is 0. The Hall–Kier alpha value is -1.02. The van der Waals surface area contributed by atoms with E-state index in [9.17, 15) is 0 Å². The van der Waals surface area contributed by atoms with Crippen LogP contribution >= 0.6 is 0 Å². The highest BCUT2D eigenvalue weighted by Crippen LogP contribution is 2.18. The Labute approximate surface area is 118 Å². The first-order valence-corrected chi connectivity index (χ1v) is 7.78. The van der Waals surface area contributed by atoms with Crippen molar-refractivity contribution >= 4 is 5.69 Å². The third-order valence-corrected chi connectivity index (χ3v) is 4.09. The first kappa shape index (κ1) is 14.4. The van der Waals surface area contributed by atoms with E-state index in [1.54, 1.807) is 0 Å². The van der Waals surface area contributed by atoms with Gasteiger partial charge in [-0.05, 0) is 50.8 Å². The van der Waals surface area contributed by atoms with Crippen molar-refractivity contribution in [1.82, 2.24) is 4.90 Å². The van der Waals surface area contributed by atoms with Gasteiger partial charge in [0, 0.05) is 30.9 Å². The van der Waals surface area contributed by atoms with Crippen LogP contribution in [0.25, 0.3) is 0 Å². The molecule has 1 fully saturated rings. The average molecular weight is 260 g/mol. The molecule has 1 aliphatic heterocycles. The van der Waals surface area contributed by atoms with E-state index in [0.29, 0.717) is 12.1 Å². The summed E-state index contributed by atoms with van der Waals surface area (Å²) in [6, 6.07) is 10.3. The van der Waals surface area contributed by atoms with E-state index < -0.39 is 0 Å². The number of likely N-dealkylation sites (tertiary alicyclic amines) is 1. The van der Waals surface area contributed by atoms with Gasteiger partial charge in [0.25, 0.3) is 0 Å². The van der Waals surface area contributed by atoms with Gasteiger partial charge in [-0.1, -0.05) is 25.5 Å². The number of rotatable bonds is 6. The van der Waals surface area contributed by atoms with Crippen LogP contribution in [-0.4, -0.2) is 30.1 Å². The summed E-state index contributed by atoms with van der Waals surface area (Å²) in [5, 5.41) is 3.67. The van der Waals surface area contributed by atoms with Gasteiger partial charge < -0.3 is 5.32 Å². The summed E-state index contributed by atoms with van der Waals surface area (Å²) in [7, 11) is 0. The van der Waals surface area contributed by atoms with Crippen molar-refractivity contribution in [2.24, 2.45) is 0 Å². The van der Waals surface area contributed by atoms with Gasteiger partial charge in [-0.2, -0.15) is 0 Å². The lowest BCUT2D eigenvalue weighted by atomic mass is 10.1. The minimum Gasteiger partial charge on any atom is -0.381 e. The highest BCUT2D eigenvalue weighted by Gasteiger charge is 2.23. The minimum absolute atomic E-state index is 0.615. The Morgan fingerprint density at radius 3 is 2.58 bits per heavy atom. The molecule has 1 atom stereocenters. The Bertz CT molecular complexity index is 369. The average Bonchev–Trinajstić information content (AvgIpc) is 2.87. The van der Waals surface area contributed by atoms with Crippen molar-refractivity contribution in [1.29, 1.82) is 0 Å². The molecule has 1 heterocycles.